The molecule has 0 aliphatic carbocycles. The van der Waals surface area contributed by atoms with Crippen LogP contribution in [0.1, 0.15) is 54.1 Å². The van der Waals surface area contributed by atoms with Crippen molar-refractivity contribution in [3.63, 3.8) is 0 Å². The summed E-state index contributed by atoms with van der Waals surface area (Å²) < 4.78 is 15.5. The van der Waals surface area contributed by atoms with E-state index >= 15 is 0 Å². The number of rotatable bonds is 8. The van der Waals surface area contributed by atoms with Crippen molar-refractivity contribution in [3.8, 4) is 0 Å². The maximum absolute atomic E-state index is 14.6. The van der Waals surface area contributed by atoms with E-state index in [9.17, 15) is 9.18 Å². The number of hydrogen-bond donors (Lipinski definition) is 2. The van der Waals surface area contributed by atoms with Crippen molar-refractivity contribution < 1.29 is 9.18 Å². The molecule has 2 aromatic rings. The number of nitrogens with two attached hydrogens (primary N) is 1. The van der Waals surface area contributed by atoms with Gasteiger partial charge < -0.3 is 10.6 Å². The van der Waals surface area contributed by atoms with Crippen LogP contribution >= 0.6 is 27.5 Å². The first-order chi connectivity index (χ1) is 15.8. The van der Waals surface area contributed by atoms with Crippen LogP contribution in [0.4, 0.5) is 4.39 Å². The summed E-state index contributed by atoms with van der Waals surface area (Å²) in [7, 11) is 0. The van der Waals surface area contributed by atoms with Gasteiger partial charge in [0, 0.05) is 39.8 Å². The lowest BCUT2D eigenvalue weighted by molar-refractivity contribution is 0.0975. The van der Waals surface area contributed by atoms with Gasteiger partial charge in [0.05, 0.1) is 0 Å². The van der Waals surface area contributed by atoms with Crippen molar-refractivity contribution in [1.82, 2.24) is 10.2 Å². The second-order valence-corrected chi connectivity index (χ2v) is 9.75. The number of amides is 1. The van der Waals surface area contributed by atoms with E-state index in [4.69, 9.17) is 17.3 Å². The molecule has 1 fully saturated rings. The molecule has 0 aromatic heterocycles. The van der Waals surface area contributed by atoms with Gasteiger partial charge in [0.25, 0.3) is 5.91 Å². The number of nitrogens with one attached hydrogen (secondary N) is 1. The minimum absolute atomic E-state index is 0.0551. The fraction of sp³-hybridized carbons (Fsp3) is 0.440. The zero-order chi connectivity index (χ0) is 23.8. The summed E-state index contributed by atoms with van der Waals surface area (Å²) >= 11 is 9.58. The van der Waals surface area contributed by atoms with E-state index in [0.29, 0.717) is 36.0 Å². The highest BCUT2D eigenvalue weighted by molar-refractivity contribution is 9.10. The fourth-order valence-electron chi connectivity index (χ4n) is 4.21. The lowest BCUT2D eigenvalue weighted by Crippen LogP contribution is -2.39. The number of likely N-dealkylation sites (tertiary alicyclic amines) is 1. The molecule has 0 spiro atoms. The Morgan fingerprint density at radius 2 is 2.12 bits per heavy atom. The molecule has 2 aromatic carbocycles. The van der Waals surface area contributed by atoms with Gasteiger partial charge in [0.1, 0.15) is 5.82 Å². The Morgan fingerprint density at radius 3 is 2.91 bits per heavy atom. The summed E-state index contributed by atoms with van der Waals surface area (Å²) in [5, 5.41) is 3.22. The molecule has 1 unspecified atom stereocenters. The highest BCUT2D eigenvalue weighted by atomic mass is 79.9. The monoisotopic (exact) mass is 536 g/mol. The second-order valence-electron chi connectivity index (χ2n) is 8.46. The van der Waals surface area contributed by atoms with Crippen LogP contribution in [-0.2, 0) is 12.8 Å². The molecule has 1 saturated heterocycles. The Hall–Kier alpha value is -1.96. The summed E-state index contributed by atoms with van der Waals surface area (Å²) in [6.07, 6.45) is 5.54. The lowest BCUT2D eigenvalue weighted by Gasteiger charge is -2.33. The predicted octanol–water partition coefficient (Wildman–Crippen LogP) is 5.34. The number of aryl methyl sites for hydroxylation is 1. The van der Waals surface area contributed by atoms with Crippen molar-refractivity contribution in [2.24, 2.45) is 10.7 Å². The Bertz CT molecular complexity index is 1000. The average Bonchev–Trinajstić information content (AvgIpc) is 2.79. The smallest absolute Gasteiger partial charge is 0.258 e. The number of carbonyl (C=O) groups is 1. The topological polar surface area (TPSA) is 70.7 Å². The molecule has 1 heterocycles. The van der Waals surface area contributed by atoms with Gasteiger partial charge in [0.2, 0.25) is 0 Å². The molecule has 33 heavy (non-hydrogen) atoms. The Morgan fingerprint density at radius 1 is 1.30 bits per heavy atom. The lowest BCUT2D eigenvalue weighted by atomic mass is 9.98. The summed E-state index contributed by atoms with van der Waals surface area (Å²) in [5.74, 6) is -0.827. The van der Waals surface area contributed by atoms with Crippen molar-refractivity contribution in [1.29, 1.82) is 0 Å². The third-order valence-corrected chi connectivity index (χ3v) is 7.09. The molecule has 3 N–H and O–H groups in total. The van der Waals surface area contributed by atoms with Crippen LogP contribution in [0, 0.1) is 5.82 Å². The molecule has 1 aliphatic heterocycles. The van der Waals surface area contributed by atoms with E-state index < -0.39 is 11.7 Å². The van der Waals surface area contributed by atoms with E-state index in [1.54, 1.807) is 12.1 Å². The molecule has 3 rings (SSSR count). The van der Waals surface area contributed by atoms with Gasteiger partial charge in [-0.25, -0.2) is 4.39 Å². The van der Waals surface area contributed by atoms with Crippen LogP contribution < -0.4 is 11.1 Å². The zero-order valence-electron chi connectivity index (χ0n) is 18.9. The van der Waals surface area contributed by atoms with Gasteiger partial charge in [-0.1, -0.05) is 40.0 Å². The Kier molecular flexibility index (Phi) is 9.71. The third-order valence-electron chi connectivity index (χ3n) is 6.08. The maximum Gasteiger partial charge on any atom is 0.258 e. The van der Waals surface area contributed by atoms with E-state index in [1.165, 1.54) is 31.4 Å². The molecule has 1 aliphatic rings. The van der Waals surface area contributed by atoms with Crippen LogP contribution in [0.25, 0.3) is 0 Å². The molecule has 0 bridgehead atoms. The quantitative estimate of drug-likeness (QED) is 0.271. The number of carbonyl (C=O) groups excluding carboxylic acids is 1. The summed E-state index contributed by atoms with van der Waals surface area (Å²) in [6.45, 7) is 4.90. The SMILES string of the molecule is CC1CCCCN1CCCN=C(N)NC(=O)c1cccc(F)c1CCc1cc(Cl)ccc1Br. The first-order valence-electron chi connectivity index (χ1n) is 11.4. The minimum atomic E-state index is -0.458. The Labute approximate surface area is 208 Å². The summed E-state index contributed by atoms with van der Waals surface area (Å²) in [4.78, 5) is 19.6. The van der Waals surface area contributed by atoms with Crippen LogP contribution in [0.5, 0.6) is 0 Å². The molecule has 0 saturated carbocycles. The highest BCUT2D eigenvalue weighted by Gasteiger charge is 2.18. The van der Waals surface area contributed by atoms with Crippen molar-refractivity contribution >= 4 is 39.4 Å². The molecular formula is C25H31BrClFN4O. The van der Waals surface area contributed by atoms with Gasteiger partial charge in [-0.15, -0.1) is 0 Å². The van der Waals surface area contributed by atoms with Crippen LogP contribution in [0.15, 0.2) is 45.9 Å². The van der Waals surface area contributed by atoms with E-state index in [0.717, 1.165) is 29.5 Å². The van der Waals surface area contributed by atoms with Gasteiger partial charge in [-0.3, -0.25) is 15.1 Å². The first kappa shape index (κ1) is 25.7. The van der Waals surface area contributed by atoms with E-state index in [1.807, 2.05) is 12.1 Å². The molecule has 5 nitrogen and oxygen atoms in total. The number of halogens is 3. The molecule has 8 heteroatoms. The average molecular weight is 538 g/mol. The second kappa shape index (κ2) is 12.5. The standard InChI is InChI=1S/C25H31BrClFN4O/c1-17-6-2-3-14-32(17)15-5-13-30-25(29)31-24(33)21-7-4-8-23(28)20(21)11-9-18-16-19(27)10-12-22(18)26/h4,7-8,10,12,16-17H,2-3,5-6,9,11,13-15H2,1H3,(H3,29,30,31,33). The number of benzene rings is 2. The predicted molar refractivity (Wildman–Crippen MR) is 136 cm³/mol. The van der Waals surface area contributed by atoms with Gasteiger partial charge >= 0.3 is 0 Å². The maximum atomic E-state index is 14.6. The minimum Gasteiger partial charge on any atom is -0.370 e. The number of piperidine rings is 1. The largest absolute Gasteiger partial charge is 0.370 e. The summed E-state index contributed by atoms with van der Waals surface area (Å²) in [5.41, 5.74) is 7.48. The van der Waals surface area contributed by atoms with Crippen LogP contribution in [0.3, 0.4) is 0 Å². The normalized spacial score (nSPS) is 17.2. The van der Waals surface area contributed by atoms with Crippen LogP contribution in [0.2, 0.25) is 5.02 Å². The fourth-order valence-corrected chi connectivity index (χ4v) is 4.85. The van der Waals surface area contributed by atoms with E-state index in [-0.39, 0.29) is 11.5 Å². The third kappa shape index (κ3) is 7.52. The number of nitrogens with zero attached hydrogens (tertiary/aromatic N) is 2. The highest BCUT2D eigenvalue weighted by Crippen LogP contribution is 2.24. The van der Waals surface area contributed by atoms with Gasteiger partial charge in [-0.2, -0.15) is 0 Å². The number of guanidine groups is 1. The van der Waals surface area contributed by atoms with Crippen molar-refractivity contribution in [3.05, 3.63) is 68.4 Å². The zero-order valence-corrected chi connectivity index (χ0v) is 21.3. The summed E-state index contributed by atoms with van der Waals surface area (Å²) in [6, 6.07) is 10.6. The van der Waals surface area contributed by atoms with E-state index in [2.05, 4.69) is 38.1 Å². The number of hydrogen-bond acceptors (Lipinski definition) is 3. The molecule has 1 amide bonds. The molecule has 0 radical (unpaired) electrons. The van der Waals surface area contributed by atoms with Gasteiger partial charge in [0.15, 0.2) is 5.96 Å². The number of aliphatic imine (C=N–C) groups is 1. The van der Waals surface area contributed by atoms with Crippen molar-refractivity contribution in [2.75, 3.05) is 19.6 Å². The molecular weight excluding hydrogens is 507 g/mol. The molecule has 1 atom stereocenters. The van der Waals surface area contributed by atoms with Gasteiger partial charge in [-0.05, 0) is 81.5 Å². The van der Waals surface area contributed by atoms with Crippen molar-refractivity contribution in [2.45, 2.75) is 51.5 Å². The first-order valence-corrected chi connectivity index (χ1v) is 12.6. The molecule has 178 valence electrons. The Balaban J connectivity index is 1.58. The van der Waals surface area contributed by atoms with Crippen LogP contribution in [-0.4, -0.2) is 42.4 Å².